The molecule has 134 valence electrons. The van der Waals surface area contributed by atoms with Gasteiger partial charge in [-0.3, -0.25) is 9.59 Å². The molecule has 3 rings (SSSR count). The Bertz CT molecular complexity index is 711. The summed E-state index contributed by atoms with van der Waals surface area (Å²) in [5, 5.41) is 12.8. The fourth-order valence-electron chi connectivity index (χ4n) is 2.75. The molecule has 1 N–H and O–H groups in total. The molecule has 1 unspecified atom stereocenters. The van der Waals surface area contributed by atoms with Crippen LogP contribution in [0.1, 0.15) is 25.2 Å². The Balaban J connectivity index is 1.49. The summed E-state index contributed by atoms with van der Waals surface area (Å²) in [4.78, 5) is 29.1. The molecule has 0 radical (unpaired) electrons. The smallest absolute Gasteiger partial charge is 0.305 e. The SMILES string of the molecule is O=C(O)CC1COCCN1C(=O)CCCc1nc(-c2ccco2)no1. The fourth-order valence-corrected chi connectivity index (χ4v) is 2.75. The lowest BCUT2D eigenvalue weighted by molar-refractivity contribution is -0.146. The minimum Gasteiger partial charge on any atom is -0.481 e. The van der Waals surface area contributed by atoms with Gasteiger partial charge >= 0.3 is 5.97 Å². The molecule has 25 heavy (non-hydrogen) atoms. The van der Waals surface area contributed by atoms with Crippen molar-refractivity contribution in [3.63, 3.8) is 0 Å². The van der Waals surface area contributed by atoms with Crippen LogP contribution in [0.2, 0.25) is 0 Å². The lowest BCUT2D eigenvalue weighted by Crippen LogP contribution is -2.49. The van der Waals surface area contributed by atoms with E-state index in [4.69, 9.17) is 18.8 Å². The van der Waals surface area contributed by atoms with Crippen LogP contribution in [0.3, 0.4) is 0 Å². The average Bonchev–Trinajstić information content (AvgIpc) is 3.26. The van der Waals surface area contributed by atoms with E-state index >= 15 is 0 Å². The van der Waals surface area contributed by atoms with Crippen LogP contribution in [0.5, 0.6) is 0 Å². The highest BCUT2D eigenvalue weighted by Gasteiger charge is 2.28. The van der Waals surface area contributed by atoms with Gasteiger partial charge in [-0.25, -0.2) is 0 Å². The second-order valence-corrected chi connectivity index (χ2v) is 5.76. The Morgan fingerprint density at radius 3 is 3.04 bits per heavy atom. The second kappa shape index (κ2) is 7.93. The largest absolute Gasteiger partial charge is 0.481 e. The Kier molecular flexibility index (Phi) is 5.44. The zero-order valence-electron chi connectivity index (χ0n) is 13.6. The van der Waals surface area contributed by atoms with E-state index in [1.54, 1.807) is 17.0 Å². The number of ether oxygens (including phenoxy) is 1. The highest BCUT2D eigenvalue weighted by Crippen LogP contribution is 2.17. The van der Waals surface area contributed by atoms with E-state index in [1.165, 1.54) is 6.26 Å². The molecule has 3 heterocycles. The van der Waals surface area contributed by atoms with Crippen LogP contribution in [0.25, 0.3) is 11.6 Å². The number of hydrogen-bond acceptors (Lipinski definition) is 7. The number of carboxylic acids is 1. The molecular weight excluding hydrogens is 330 g/mol. The van der Waals surface area contributed by atoms with E-state index in [0.717, 1.165) is 0 Å². The number of carboxylic acid groups (broad SMARTS) is 1. The van der Waals surface area contributed by atoms with Gasteiger partial charge in [0.25, 0.3) is 0 Å². The molecule has 1 aliphatic rings. The van der Waals surface area contributed by atoms with Gasteiger partial charge in [0.1, 0.15) is 0 Å². The first-order chi connectivity index (χ1) is 12.1. The van der Waals surface area contributed by atoms with Crippen LogP contribution in [-0.2, 0) is 20.7 Å². The van der Waals surface area contributed by atoms with Gasteiger partial charge < -0.3 is 23.7 Å². The van der Waals surface area contributed by atoms with Crippen molar-refractivity contribution >= 4 is 11.9 Å². The second-order valence-electron chi connectivity index (χ2n) is 5.76. The number of carbonyl (C=O) groups excluding carboxylic acids is 1. The number of nitrogens with zero attached hydrogens (tertiary/aromatic N) is 3. The Labute approximate surface area is 143 Å². The molecule has 1 saturated heterocycles. The van der Waals surface area contributed by atoms with Gasteiger partial charge in [0.15, 0.2) is 5.76 Å². The van der Waals surface area contributed by atoms with Crippen LogP contribution in [0.15, 0.2) is 27.3 Å². The molecule has 2 aromatic rings. The van der Waals surface area contributed by atoms with E-state index in [-0.39, 0.29) is 25.4 Å². The van der Waals surface area contributed by atoms with Gasteiger partial charge in [0.05, 0.1) is 31.9 Å². The summed E-state index contributed by atoms with van der Waals surface area (Å²) in [6.07, 6.45) is 2.71. The quantitative estimate of drug-likeness (QED) is 0.795. The number of carbonyl (C=O) groups is 2. The van der Waals surface area contributed by atoms with Crippen LogP contribution >= 0.6 is 0 Å². The van der Waals surface area contributed by atoms with E-state index in [0.29, 0.717) is 43.5 Å². The lowest BCUT2D eigenvalue weighted by Gasteiger charge is -2.34. The van der Waals surface area contributed by atoms with Crippen LogP contribution in [0.4, 0.5) is 0 Å². The number of furan rings is 1. The minimum absolute atomic E-state index is 0.0830. The molecule has 1 amide bonds. The average molecular weight is 349 g/mol. The summed E-state index contributed by atoms with van der Waals surface area (Å²) in [6.45, 7) is 1.10. The monoisotopic (exact) mass is 349 g/mol. The van der Waals surface area contributed by atoms with Gasteiger partial charge in [-0.05, 0) is 18.6 Å². The predicted octanol–water partition coefficient (Wildman–Crippen LogP) is 1.35. The molecule has 0 aliphatic carbocycles. The normalized spacial score (nSPS) is 17.6. The number of amides is 1. The van der Waals surface area contributed by atoms with Crippen LogP contribution in [0, 0.1) is 0 Å². The summed E-state index contributed by atoms with van der Waals surface area (Å²) in [6, 6.07) is 3.06. The summed E-state index contributed by atoms with van der Waals surface area (Å²) in [7, 11) is 0. The molecular formula is C16H19N3O6. The minimum atomic E-state index is -0.940. The zero-order chi connectivity index (χ0) is 17.6. The molecule has 9 heteroatoms. The van der Waals surface area contributed by atoms with Gasteiger partial charge in [0, 0.05) is 19.4 Å². The van der Waals surface area contributed by atoms with Crippen LogP contribution in [-0.4, -0.2) is 57.8 Å². The summed E-state index contributed by atoms with van der Waals surface area (Å²) < 4.78 is 15.6. The zero-order valence-corrected chi connectivity index (χ0v) is 13.6. The molecule has 1 aliphatic heterocycles. The van der Waals surface area contributed by atoms with Crippen molar-refractivity contribution in [1.29, 1.82) is 0 Å². The molecule has 0 bridgehead atoms. The van der Waals surface area contributed by atoms with Crippen molar-refractivity contribution in [2.75, 3.05) is 19.8 Å². The van der Waals surface area contributed by atoms with Gasteiger partial charge in [0.2, 0.25) is 17.6 Å². The molecule has 1 atom stereocenters. The third-order valence-electron chi connectivity index (χ3n) is 3.95. The first kappa shape index (κ1) is 17.2. The van der Waals surface area contributed by atoms with E-state index in [1.807, 2.05) is 0 Å². The Morgan fingerprint density at radius 2 is 2.28 bits per heavy atom. The highest BCUT2D eigenvalue weighted by molar-refractivity contribution is 5.77. The van der Waals surface area contributed by atoms with Gasteiger partial charge in [-0.2, -0.15) is 4.98 Å². The first-order valence-electron chi connectivity index (χ1n) is 8.09. The highest BCUT2D eigenvalue weighted by atomic mass is 16.5. The maximum Gasteiger partial charge on any atom is 0.305 e. The van der Waals surface area contributed by atoms with Crippen molar-refractivity contribution in [3.8, 4) is 11.6 Å². The van der Waals surface area contributed by atoms with Crippen molar-refractivity contribution < 1.29 is 28.4 Å². The number of rotatable bonds is 7. The third-order valence-corrected chi connectivity index (χ3v) is 3.95. The maximum absolute atomic E-state index is 12.4. The topological polar surface area (TPSA) is 119 Å². The molecule has 9 nitrogen and oxygen atoms in total. The summed E-state index contributed by atoms with van der Waals surface area (Å²) in [5.41, 5.74) is 0. The van der Waals surface area contributed by atoms with E-state index in [2.05, 4.69) is 10.1 Å². The summed E-state index contributed by atoms with van der Waals surface area (Å²) >= 11 is 0. The Morgan fingerprint density at radius 1 is 1.40 bits per heavy atom. The third kappa shape index (κ3) is 4.44. The van der Waals surface area contributed by atoms with Crippen molar-refractivity contribution in [2.45, 2.75) is 31.7 Å². The van der Waals surface area contributed by atoms with Crippen LogP contribution < -0.4 is 0 Å². The molecule has 0 spiro atoms. The molecule has 0 aromatic carbocycles. The molecule has 0 saturated carbocycles. The summed E-state index contributed by atoms with van der Waals surface area (Å²) in [5.74, 6) is 0.310. The first-order valence-corrected chi connectivity index (χ1v) is 8.09. The number of aromatic nitrogens is 2. The molecule has 1 fully saturated rings. The van der Waals surface area contributed by atoms with Gasteiger partial charge in [-0.15, -0.1) is 0 Å². The van der Waals surface area contributed by atoms with Crippen molar-refractivity contribution in [1.82, 2.24) is 15.0 Å². The van der Waals surface area contributed by atoms with E-state index < -0.39 is 12.0 Å². The Hall–Kier alpha value is -2.68. The fraction of sp³-hybridized carbons (Fsp3) is 0.500. The van der Waals surface area contributed by atoms with E-state index in [9.17, 15) is 9.59 Å². The standard InChI is InChI=1S/C16H19N3O6/c20-14(19-6-8-23-10-11(19)9-15(21)22)5-1-4-13-17-16(18-25-13)12-3-2-7-24-12/h2-3,7,11H,1,4-6,8-10H2,(H,21,22). The molecule has 2 aromatic heterocycles. The maximum atomic E-state index is 12.4. The van der Waals surface area contributed by atoms with Crippen molar-refractivity contribution in [2.24, 2.45) is 0 Å². The number of aryl methyl sites for hydroxylation is 1. The lowest BCUT2D eigenvalue weighted by atomic mass is 10.1. The number of aliphatic carboxylic acids is 1. The predicted molar refractivity (Wildman–Crippen MR) is 83.5 cm³/mol. The van der Waals surface area contributed by atoms with Crippen molar-refractivity contribution in [3.05, 3.63) is 24.3 Å². The number of hydrogen-bond donors (Lipinski definition) is 1. The van der Waals surface area contributed by atoms with Gasteiger partial charge in [-0.1, -0.05) is 5.16 Å². The number of morpholine rings is 1.